The van der Waals surface area contributed by atoms with Gasteiger partial charge in [-0.15, -0.1) is 0 Å². The summed E-state index contributed by atoms with van der Waals surface area (Å²) in [4.78, 5) is 23.9. The Morgan fingerprint density at radius 2 is 2.00 bits per heavy atom. The first kappa shape index (κ1) is 17.1. The van der Waals surface area contributed by atoms with Crippen LogP contribution < -0.4 is 5.32 Å². The number of carbonyl (C=O) groups excluding carboxylic acids is 1. The highest BCUT2D eigenvalue weighted by atomic mass is 19.1. The maximum absolute atomic E-state index is 14.1. The molecule has 132 valence electrons. The molecule has 1 aliphatic carbocycles. The molecule has 0 aliphatic heterocycles. The standard InChI is InChI=1S/C18H20FN3O3/c1-10(2)15(18(24)25)20-17(23)16-11-6-5-9-13(11)22(21-16)14-8-4-3-7-12(14)19/h3-4,7-8,10,15H,5-6,9H2,1-2H3,(H,20,23)(H,24,25)/t15-/m0/s1. The average Bonchev–Trinajstić information content (AvgIpc) is 3.14. The van der Waals surface area contributed by atoms with Gasteiger partial charge in [0.2, 0.25) is 0 Å². The van der Waals surface area contributed by atoms with Gasteiger partial charge in [0.05, 0.1) is 0 Å². The van der Waals surface area contributed by atoms with Gasteiger partial charge in [-0.3, -0.25) is 4.79 Å². The number of carboxylic acids is 1. The second kappa shape index (κ2) is 6.66. The number of hydrogen-bond acceptors (Lipinski definition) is 3. The number of benzene rings is 1. The second-order valence-corrected chi connectivity index (χ2v) is 6.52. The molecule has 0 saturated carbocycles. The molecule has 2 N–H and O–H groups in total. The number of amides is 1. The number of carbonyl (C=O) groups is 2. The van der Waals surface area contributed by atoms with Gasteiger partial charge in [0.25, 0.3) is 5.91 Å². The first-order chi connectivity index (χ1) is 11.9. The van der Waals surface area contributed by atoms with Crippen molar-refractivity contribution >= 4 is 11.9 Å². The molecule has 1 aliphatic rings. The molecular weight excluding hydrogens is 325 g/mol. The van der Waals surface area contributed by atoms with Crippen LogP contribution in [0, 0.1) is 11.7 Å². The number of nitrogens with one attached hydrogen (secondary N) is 1. The SMILES string of the molecule is CC(C)[C@H](NC(=O)c1nn(-c2ccccc2F)c2c1CCC2)C(=O)O. The van der Waals surface area contributed by atoms with Crippen LogP contribution in [0.15, 0.2) is 24.3 Å². The molecular formula is C18H20FN3O3. The normalized spacial score (nSPS) is 14.4. The number of para-hydroxylation sites is 1. The van der Waals surface area contributed by atoms with Crippen LogP contribution >= 0.6 is 0 Å². The number of aliphatic carboxylic acids is 1. The first-order valence-corrected chi connectivity index (χ1v) is 8.29. The van der Waals surface area contributed by atoms with Gasteiger partial charge in [-0.1, -0.05) is 26.0 Å². The van der Waals surface area contributed by atoms with E-state index in [0.717, 1.165) is 17.7 Å². The molecule has 1 atom stereocenters. The van der Waals surface area contributed by atoms with E-state index in [9.17, 15) is 19.1 Å². The molecule has 2 aromatic rings. The monoisotopic (exact) mass is 345 g/mol. The van der Waals surface area contributed by atoms with Crippen LogP contribution in [0.5, 0.6) is 0 Å². The molecule has 6 nitrogen and oxygen atoms in total. The van der Waals surface area contributed by atoms with Crippen molar-refractivity contribution in [1.29, 1.82) is 0 Å². The third kappa shape index (κ3) is 3.14. The Morgan fingerprint density at radius 1 is 1.28 bits per heavy atom. The predicted octanol–water partition coefficient (Wildman–Crippen LogP) is 2.34. The fourth-order valence-electron chi connectivity index (χ4n) is 3.17. The number of carboxylic acid groups (broad SMARTS) is 1. The summed E-state index contributed by atoms with van der Waals surface area (Å²) in [6, 6.07) is 5.26. The quantitative estimate of drug-likeness (QED) is 0.871. The van der Waals surface area contributed by atoms with E-state index in [1.165, 1.54) is 10.7 Å². The van der Waals surface area contributed by atoms with Gasteiger partial charge < -0.3 is 10.4 Å². The van der Waals surface area contributed by atoms with Crippen LogP contribution in [0.3, 0.4) is 0 Å². The van der Waals surface area contributed by atoms with E-state index in [2.05, 4.69) is 10.4 Å². The van der Waals surface area contributed by atoms with Gasteiger partial charge in [0, 0.05) is 11.3 Å². The van der Waals surface area contributed by atoms with E-state index in [0.29, 0.717) is 18.5 Å². The lowest BCUT2D eigenvalue weighted by Gasteiger charge is -2.17. The highest BCUT2D eigenvalue weighted by Gasteiger charge is 2.31. The Labute approximate surface area is 144 Å². The molecule has 1 aromatic carbocycles. The molecule has 0 saturated heterocycles. The minimum absolute atomic E-state index is 0.183. The number of fused-ring (bicyclic) bond motifs is 1. The Morgan fingerprint density at radius 3 is 2.64 bits per heavy atom. The maximum atomic E-state index is 14.1. The molecule has 1 heterocycles. The second-order valence-electron chi connectivity index (χ2n) is 6.52. The Kier molecular flexibility index (Phi) is 4.57. The fourth-order valence-corrected chi connectivity index (χ4v) is 3.17. The average molecular weight is 345 g/mol. The van der Waals surface area contributed by atoms with E-state index < -0.39 is 23.7 Å². The summed E-state index contributed by atoms with van der Waals surface area (Å²) in [6.45, 7) is 3.45. The van der Waals surface area contributed by atoms with E-state index >= 15 is 0 Å². The summed E-state index contributed by atoms with van der Waals surface area (Å²) in [5.41, 5.74) is 2.06. The van der Waals surface area contributed by atoms with E-state index in [1.54, 1.807) is 32.0 Å². The smallest absolute Gasteiger partial charge is 0.326 e. The molecule has 25 heavy (non-hydrogen) atoms. The molecule has 7 heteroatoms. The van der Waals surface area contributed by atoms with Gasteiger partial charge in [-0.05, 0) is 37.3 Å². The highest BCUT2D eigenvalue weighted by molar-refractivity contribution is 5.96. The minimum Gasteiger partial charge on any atom is -0.480 e. The zero-order valence-electron chi connectivity index (χ0n) is 14.1. The largest absolute Gasteiger partial charge is 0.480 e. The third-order valence-electron chi connectivity index (χ3n) is 4.45. The van der Waals surface area contributed by atoms with E-state index in [-0.39, 0.29) is 11.6 Å². The zero-order valence-corrected chi connectivity index (χ0v) is 14.1. The van der Waals surface area contributed by atoms with Gasteiger partial charge in [0.1, 0.15) is 17.5 Å². The summed E-state index contributed by atoms with van der Waals surface area (Å²) >= 11 is 0. The first-order valence-electron chi connectivity index (χ1n) is 8.29. The molecule has 0 radical (unpaired) electrons. The lowest BCUT2D eigenvalue weighted by molar-refractivity contribution is -0.140. The van der Waals surface area contributed by atoms with Crippen LogP contribution in [0.1, 0.15) is 42.0 Å². The minimum atomic E-state index is -1.09. The summed E-state index contributed by atoms with van der Waals surface area (Å²) in [7, 11) is 0. The molecule has 1 amide bonds. The maximum Gasteiger partial charge on any atom is 0.326 e. The lowest BCUT2D eigenvalue weighted by Crippen LogP contribution is -2.44. The molecule has 0 unspecified atom stereocenters. The van der Waals surface area contributed by atoms with Crippen molar-refractivity contribution in [1.82, 2.24) is 15.1 Å². The van der Waals surface area contributed by atoms with Crippen LogP contribution in [0.2, 0.25) is 0 Å². The molecule has 0 fully saturated rings. The summed E-state index contributed by atoms with van der Waals surface area (Å²) in [5.74, 6) is -2.30. The van der Waals surface area contributed by atoms with Crippen LogP contribution in [-0.2, 0) is 17.6 Å². The van der Waals surface area contributed by atoms with Crippen molar-refractivity contribution in [3.8, 4) is 5.69 Å². The fraction of sp³-hybridized carbons (Fsp3) is 0.389. The van der Waals surface area contributed by atoms with Crippen LogP contribution in [-0.4, -0.2) is 32.8 Å². The van der Waals surface area contributed by atoms with Crippen LogP contribution in [0.4, 0.5) is 4.39 Å². The van der Waals surface area contributed by atoms with Crippen molar-refractivity contribution in [3.05, 3.63) is 47.0 Å². The summed E-state index contributed by atoms with van der Waals surface area (Å²) < 4.78 is 15.6. The molecule has 3 rings (SSSR count). The predicted molar refractivity (Wildman–Crippen MR) is 89.3 cm³/mol. The van der Waals surface area contributed by atoms with Gasteiger partial charge >= 0.3 is 5.97 Å². The Balaban J connectivity index is 1.99. The number of hydrogen-bond donors (Lipinski definition) is 2. The number of halogens is 1. The van der Waals surface area contributed by atoms with Crippen molar-refractivity contribution in [3.63, 3.8) is 0 Å². The number of aromatic nitrogens is 2. The van der Waals surface area contributed by atoms with Crippen molar-refractivity contribution < 1.29 is 19.1 Å². The zero-order chi connectivity index (χ0) is 18.1. The summed E-state index contributed by atoms with van der Waals surface area (Å²) in [5, 5.41) is 16.1. The Bertz CT molecular complexity index is 829. The van der Waals surface area contributed by atoms with Crippen molar-refractivity contribution in [2.75, 3.05) is 0 Å². The van der Waals surface area contributed by atoms with E-state index in [4.69, 9.17) is 0 Å². The van der Waals surface area contributed by atoms with Gasteiger partial charge in [0.15, 0.2) is 5.69 Å². The number of nitrogens with zero attached hydrogens (tertiary/aromatic N) is 2. The Hall–Kier alpha value is -2.70. The van der Waals surface area contributed by atoms with Crippen molar-refractivity contribution in [2.45, 2.75) is 39.2 Å². The summed E-state index contributed by atoms with van der Waals surface area (Å²) in [6.07, 6.45) is 2.23. The van der Waals surface area contributed by atoms with E-state index in [1.807, 2.05) is 0 Å². The third-order valence-corrected chi connectivity index (χ3v) is 4.45. The van der Waals surface area contributed by atoms with Crippen LogP contribution in [0.25, 0.3) is 5.69 Å². The van der Waals surface area contributed by atoms with Crippen molar-refractivity contribution in [2.24, 2.45) is 5.92 Å². The number of rotatable bonds is 5. The topological polar surface area (TPSA) is 84.2 Å². The molecule has 1 aromatic heterocycles. The van der Waals surface area contributed by atoms with Gasteiger partial charge in [-0.25, -0.2) is 13.9 Å². The molecule has 0 spiro atoms. The highest BCUT2D eigenvalue weighted by Crippen LogP contribution is 2.28. The van der Waals surface area contributed by atoms with Gasteiger partial charge in [-0.2, -0.15) is 5.10 Å². The lowest BCUT2D eigenvalue weighted by atomic mass is 10.0. The molecule has 0 bridgehead atoms.